The Hall–Kier alpha value is -2.41. The van der Waals surface area contributed by atoms with Crippen molar-refractivity contribution < 1.29 is 9.53 Å². The molecule has 0 radical (unpaired) electrons. The lowest BCUT2D eigenvalue weighted by Gasteiger charge is -2.41. The minimum absolute atomic E-state index is 0.00977. The molecule has 7 nitrogen and oxygen atoms in total. The summed E-state index contributed by atoms with van der Waals surface area (Å²) in [5.74, 6) is 0.886. The van der Waals surface area contributed by atoms with E-state index in [4.69, 9.17) is 4.74 Å². The van der Waals surface area contributed by atoms with E-state index in [-0.39, 0.29) is 5.91 Å². The van der Waals surface area contributed by atoms with E-state index < -0.39 is 0 Å². The van der Waals surface area contributed by atoms with Crippen LogP contribution in [-0.2, 0) is 0 Å². The average Bonchev–Trinajstić information content (AvgIpc) is 3.39. The molecular weight excluding hydrogens is 378 g/mol. The number of benzene rings is 1. The van der Waals surface area contributed by atoms with Crippen molar-refractivity contribution in [2.24, 2.45) is 0 Å². The van der Waals surface area contributed by atoms with Crippen LogP contribution in [0.25, 0.3) is 5.69 Å². The zero-order chi connectivity index (χ0) is 20.5. The van der Waals surface area contributed by atoms with Gasteiger partial charge in [-0.1, -0.05) is 11.6 Å². The van der Waals surface area contributed by atoms with Crippen LogP contribution in [0.15, 0.2) is 24.3 Å². The molecule has 0 unspecified atom stereocenters. The van der Waals surface area contributed by atoms with Gasteiger partial charge in [-0.2, -0.15) is 0 Å². The number of likely N-dealkylation sites (tertiary alicyclic amines) is 2. The number of hydrogen-bond donors (Lipinski definition) is 0. The number of amides is 1. The molecule has 0 atom stereocenters. The highest BCUT2D eigenvalue weighted by molar-refractivity contribution is 5.93. The first-order chi connectivity index (χ1) is 14.7. The molecule has 1 amide bonds. The van der Waals surface area contributed by atoms with Gasteiger partial charge in [-0.25, -0.2) is 4.68 Å². The number of carbonyl (C=O) groups excluding carboxylic acids is 1. The summed E-state index contributed by atoms with van der Waals surface area (Å²) in [6, 6.07) is 8.81. The molecule has 2 aromatic rings. The summed E-state index contributed by atoms with van der Waals surface area (Å²) >= 11 is 0. The Morgan fingerprint density at radius 1 is 0.967 bits per heavy atom. The third-order valence-corrected chi connectivity index (χ3v) is 6.94. The number of rotatable bonds is 5. The summed E-state index contributed by atoms with van der Waals surface area (Å²) in [6.07, 6.45) is 8.78. The monoisotopic (exact) mass is 409 g/mol. The molecule has 2 saturated heterocycles. The first-order valence-electron chi connectivity index (χ1n) is 11.4. The summed E-state index contributed by atoms with van der Waals surface area (Å²) in [4.78, 5) is 17.2. The quantitative estimate of drug-likeness (QED) is 0.759. The minimum atomic E-state index is -0.00977. The van der Waals surface area contributed by atoms with Gasteiger partial charge in [0.15, 0.2) is 5.69 Å². The zero-order valence-electron chi connectivity index (χ0n) is 17.8. The van der Waals surface area contributed by atoms with Gasteiger partial charge in [-0.15, -0.1) is 5.10 Å². The standard InChI is InChI=1S/C23H31N5O2/c1-17-22(23(29)27-13-2-3-14-27)24-25-28(17)19-7-9-20(10-8-19)30-21-11-15-26(16-12-21)18-5-4-6-18/h7-10,18,21H,2-6,11-16H2,1H3. The van der Waals surface area contributed by atoms with Crippen molar-refractivity contribution in [3.63, 3.8) is 0 Å². The van der Waals surface area contributed by atoms with Crippen LogP contribution in [0.1, 0.15) is 61.1 Å². The van der Waals surface area contributed by atoms with Crippen LogP contribution < -0.4 is 4.74 Å². The van der Waals surface area contributed by atoms with Crippen LogP contribution in [-0.4, -0.2) is 69.0 Å². The van der Waals surface area contributed by atoms with Crippen LogP contribution in [0, 0.1) is 6.92 Å². The average molecular weight is 410 g/mol. The number of nitrogens with zero attached hydrogens (tertiary/aromatic N) is 5. The second-order valence-corrected chi connectivity index (χ2v) is 8.87. The molecule has 0 spiro atoms. The number of piperidine rings is 1. The zero-order valence-corrected chi connectivity index (χ0v) is 17.8. The van der Waals surface area contributed by atoms with Crippen molar-refractivity contribution in [2.75, 3.05) is 26.2 Å². The number of aromatic nitrogens is 3. The second-order valence-electron chi connectivity index (χ2n) is 8.87. The Morgan fingerprint density at radius 3 is 2.30 bits per heavy atom. The fraction of sp³-hybridized carbons (Fsp3) is 0.609. The molecule has 3 aliphatic rings. The molecule has 160 valence electrons. The maximum atomic E-state index is 12.7. The van der Waals surface area contributed by atoms with Gasteiger partial charge in [-0.05, 0) is 69.7 Å². The molecule has 1 aromatic heterocycles. The Morgan fingerprint density at radius 2 is 1.67 bits per heavy atom. The predicted octanol–water partition coefficient (Wildman–Crippen LogP) is 3.21. The van der Waals surface area contributed by atoms with Crippen molar-refractivity contribution in [1.29, 1.82) is 0 Å². The number of ether oxygens (including phenoxy) is 1. The predicted molar refractivity (Wildman–Crippen MR) is 114 cm³/mol. The summed E-state index contributed by atoms with van der Waals surface area (Å²) < 4.78 is 7.97. The summed E-state index contributed by atoms with van der Waals surface area (Å²) in [6.45, 7) is 5.84. The summed E-state index contributed by atoms with van der Waals surface area (Å²) in [7, 11) is 0. The highest BCUT2D eigenvalue weighted by Gasteiger charge is 2.29. The molecule has 1 saturated carbocycles. The van der Waals surface area contributed by atoms with Gasteiger partial charge in [0.05, 0.1) is 11.4 Å². The third-order valence-electron chi connectivity index (χ3n) is 6.94. The molecule has 0 N–H and O–H groups in total. The van der Waals surface area contributed by atoms with Gasteiger partial charge < -0.3 is 14.5 Å². The second kappa shape index (κ2) is 8.38. The molecule has 7 heteroatoms. The Labute approximate surface area is 178 Å². The molecule has 2 aliphatic heterocycles. The lowest BCUT2D eigenvalue weighted by atomic mass is 9.90. The number of hydrogen-bond acceptors (Lipinski definition) is 5. The van der Waals surface area contributed by atoms with E-state index in [0.29, 0.717) is 11.8 Å². The van der Waals surface area contributed by atoms with Crippen molar-refractivity contribution in [2.45, 2.75) is 64.0 Å². The molecule has 3 heterocycles. The largest absolute Gasteiger partial charge is 0.490 e. The van der Waals surface area contributed by atoms with Crippen LogP contribution in [0.4, 0.5) is 0 Å². The van der Waals surface area contributed by atoms with Crippen molar-refractivity contribution in [3.8, 4) is 11.4 Å². The minimum Gasteiger partial charge on any atom is -0.490 e. The Balaban J connectivity index is 1.21. The molecule has 1 aromatic carbocycles. The van der Waals surface area contributed by atoms with E-state index in [1.807, 2.05) is 36.1 Å². The SMILES string of the molecule is Cc1c(C(=O)N2CCCC2)nnn1-c1ccc(OC2CCN(C3CCC3)CC2)cc1. The first-order valence-corrected chi connectivity index (χ1v) is 11.4. The highest BCUT2D eigenvalue weighted by Crippen LogP contribution is 2.29. The van der Waals surface area contributed by atoms with E-state index >= 15 is 0 Å². The molecule has 5 rings (SSSR count). The topological polar surface area (TPSA) is 63.5 Å². The van der Waals surface area contributed by atoms with Gasteiger partial charge >= 0.3 is 0 Å². The van der Waals surface area contributed by atoms with Crippen LogP contribution in [0.5, 0.6) is 5.75 Å². The smallest absolute Gasteiger partial charge is 0.276 e. The maximum Gasteiger partial charge on any atom is 0.276 e. The van der Waals surface area contributed by atoms with Crippen molar-refractivity contribution in [3.05, 3.63) is 35.7 Å². The molecular formula is C23H31N5O2. The summed E-state index contributed by atoms with van der Waals surface area (Å²) in [5, 5.41) is 8.41. The van der Waals surface area contributed by atoms with E-state index in [9.17, 15) is 4.79 Å². The Bertz CT molecular complexity index is 875. The molecule has 0 bridgehead atoms. The lowest BCUT2D eigenvalue weighted by molar-refractivity contribution is 0.0493. The Kier molecular flexibility index (Phi) is 5.46. The normalized spacial score (nSPS) is 21.0. The fourth-order valence-corrected chi connectivity index (χ4v) is 4.81. The number of carbonyl (C=O) groups is 1. The van der Waals surface area contributed by atoms with Crippen molar-refractivity contribution >= 4 is 5.91 Å². The van der Waals surface area contributed by atoms with E-state index in [1.165, 1.54) is 19.3 Å². The van der Waals surface area contributed by atoms with Gasteiger partial charge in [0.25, 0.3) is 5.91 Å². The van der Waals surface area contributed by atoms with Gasteiger partial charge in [0, 0.05) is 32.2 Å². The molecule has 3 fully saturated rings. The van der Waals surface area contributed by atoms with E-state index in [2.05, 4.69) is 15.2 Å². The van der Waals surface area contributed by atoms with Crippen molar-refractivity contribution in [1.82, 2.24) is 24.8 Å². The molecule has 30 heavy (non-hydrogen) atoms. The van der Waals surface area contributed by atoms with Gasteiger partial charge in [0.2, 0.25) is 0 Å². The lowest BCUT2D eigenvalue weighted by Crippen LogP contribution is -2.46. The van der Waals surface area contributed by atoms with E-state index in [0.717, 1.165) is 75.0 Å². The maximum absolute atomic E-state index is 12.7. The van der Waals surface area contributed by atoms with Gasteiger partial charge in [-0.3, -0.25) is 4.79 Å². The van der Waals surface area contributed by atoms with Crippen LogP contribution in [0.3, 0.4) is 0 Å². The summed E-state index contributed by atoms with van der Waals surface area (Å²) in [5.41, 5.74) is 2.13. The fourth-order valence-electron chi connectivity index (χ4n) is 4.81. The van der Waals surface area contributed by atoms with Crippen LogP contribution in [0.2, 0.25) is 0 Å². The molecule has 1 aliphatic carbocycles. The third kappa shape index (κ3) is 3.83. The van der Waals surface area contributed by atoms with Gasteiger partial charge in [0.1, 0.15) is 11.9 Å². The van der Waals surface area contributed by atoms with Crippen LogP contribution >= 0.6 is 0 Å². The first kappa shape index (κ1) is 19.5. The van der Waals surface area contributed by atoms with E-state index in [1.54, 1.807) is 4.68 Å². The highest BCUT2D eigenvalue weighted by atomic mass is 16.5.